The highest BCUT2D eigenvalue weighted by Crippen LogP contribution is 2.33. The lowest BCUT2D eigenvalue weighted by molar-refractivity contribution is 0.162. The van der Waals surface area contributed by atoms with Crippen LogP contribution >= 0.6 is 0 Å². The van der Waals surface area contributed by atoms with Crippen LogP contribution in [-0.4, -0.2) is 69.2 Å². The smallest absolute Gasteiger partial charge is 0.211 e. The average Bonchev–Trinajstić information content (AvgIpc) is 2.94. The molecule has 20 heavy (non-hydrogen) atoms. The van der Waals surface area contributed by atoms with Gasteiger partial charge in [0.05, 0.1) is 6.26 Å². The van der Waals surface area contributed by atoms with Gasteiger partial charge in [0.2, 0.25) is 10.0 Å². The minimum absolute atomic E-state index is 0.507. The van der Waals surface area contributed by atoms with Gasteiger partial charge in [0.1, 0.15) is 0 Å². The number of hydrogen-bond acceptors (Lipinski definition) is 4. The van der Waals surface area contributed by atoms with Crippen molar-refractivity contribution >= 4 is 10.0 Å². The zero-order valence-corrected chi connectivity index (χ0v) is 13.4. The number of rotatable bonds is 3. The highest BCUT2D eigenvalue weighted by atomic mass is 32.2. The Kier molecular flexibility index (Phi) is 4.10. The minimum Gasteiger partial charge on any atom is -0.316 e. The molecule has 1 N–H and O–H groups in total. The van der Waals surface area contributed by atoms with E-state index in [0.717, 1.165) is 44.4 Å². The molecule has 0 aromatic carbocycles. The van der Waals surface area contributed by atoms with Crippen LogP contribution in [0.5, 0.6) is 0 Å². The number of piperidine rings is 1. The second kappa shape index (κ2) is 5.55. The molecule has 0 aliphatic carbocycles. The van der Waals surface area contributed by atoms with Gasteiger partial charge in [-0.15, -0.1) is 0 Å². The topological polar surface area (TPSA) is 52.6 Å². The second-order valence-electron chi connectivity index (χ2n) is 6.91. The number of nitrogens with one attached hydrogen (secondary N) is 1. The zero-order valence-electron chi connectivity index (χ0n) is 12.6. The van der Waals surface area contributed by atoms with Crippen LogP contribution in [-0.2, 0) is 10.0 Å². The molecule has 3 fully saturated rings. The minimum atomic E-state index is -3.02. The van der Waals surface area contributed by atoms with Crippen LogP contribution < -0.4 is 5.32 Å². The van der Waals surface area contributed by atoms with E-state index in [1.807, 2.05) is 0 Å². The fourth-order valence-corrected chi connectivity index (χ4v) is 5.25. The van der Waals surface area contributed by atoms with Gasteiger partial charge >= 0.3 is 0 Å². The fourth-order valence-electron chi connectivity index (χ4n) is 4.31. The van der Waals surface area contributed by atoms with Crippen molar-refractivity contribution in [3.63, 3.8) is 0 Å². The van der Waals surface area contributed by atoms with E-state index < -0.39 is 10.0 Å². The summed E-state index contributed by atoms with van der Waals surface area (Å²) in [4.78, 5) is 2.60. The summed E-state index contributed by atoms with van der Waals surface area (Å²) in [6.07, 6.45) is 3.51. The van der Waals surface area contributed by atoms with Gasteiger partial charge in [0, 0.05) is 32.2 Å². The molecule has 0 radical (unpaired) electrons. The first-order valence-electron chi connectivity index (χ1n) is 7.85. The first-order chi connectivity index (χ1) is 9.45. The first kappa shape index (κ1) is 14.8. The van der Waals surface area contributed by atoms with Crippen molar-refractivity contribution in [2.24, 2.45) is 17.8 Å². The third kappa shape index (κ3) is 2.89. The van der Waals surface area contributed by atoms with Crippen LogP contribution in [0.25, 0.3) is 0 Å². The largest absolute Gasteiger partial charge is 0.316 e. The molecule has 3 rings (SSSR count). The van der Waals surface area contributed by atoms with Crippen molar-refractivity contribution in [1.29, 1.82) is 0 Å². The monoisotopic (exact) mass is 301 g/mol. The van der Waals surface area contributed by atoms with E-state index in [2.05, 4.69) is 17.1 Å². The third-order valence-corrected chi connectivity index (χ3v) is 6.77. The maximum atomic E-state index is 11.7. The summed E-state index contributed by atoms with van der Waals surface area (Å²) in [5, 5.41) is 3.49. The van der Waals surface area contributed by atoms with E-state index in [1.54, 1.807) is 4.31 Å². The Morgan fingerprint density at radius 1 is 1.25 bits per heavy atom. The molecule has 3 aliphatic heterocycles. The molecule has 116 valence electrons. The Morgan fingerprint density at radius 2 is 2.05 bits per heavy atom. The molecule has 3 aliphatic rings. The Hall–Kier alpha value is -0.170. The normalized spacial score (nSPS) is 40.1. The van der Waals surface area contributed by atoms with E-state index in [0.29, 0.717) is 18.5 Å². The van der Waals surface area contributed by atoms with Crippen molar-refractivity contribution in [2.75, 3.05) is 45.5 Å². The van der Waals surface area contributed by atoms with Gasteiger partial charge in [-0.3, -0.25) is 4.90 Å². The highest BCUT2D eigenvalue weighted by molar-refractivity contribution is 7.88. The zero-order chi connectivity index (χ0) is 14.3. The Bertz CT molecular complexity index is 453. The van der Waals surface area contributed by atoms with E-state index in [4.69, 9.17) is 0 Å². The van der Waals surface area contributed by atoms with E-state index >= 15 is 0 Å². The summed E-state index contributed by atoms with van der Waals surface area (Å²) < 4.78 is 25.1. The van der Waals surface area contributed by atoms with Crippen molar-refractivity contribution < 1.29 is 8.42 Å². The summed E-state index contributed by atoms with van der Waals surface area (Å²) in [6.45, 7) is 8.34. The molecule has 6 heteroatoms. The molecule has 0 aromatic rings. The van der Waals surface area contributed by atoms with Crippen LogP contribution in [0.1, 0.15) is 19.8 Å². The molecule has 0 spiro atoms. The quantitative estimate of drug-likeness (QED) is 0.809. The van der Waals surface area contributed by atoms with E-state index in [-0.39, 0.29) is 0 Å². The number of fused-ring (bicyclic) bond motifs is 1. The lowest BCUT2D eigenvalue weighted by atomic mass is 9.95. The summed E-state index contributed by atoms with van der Waals surface area (Å²) in [5.41, 5.74) is 0. The molecule has 5 nitrogen and oxygen atoms in total. The van der Waals surface area contributed by atoms with Gasteiger partial charge in [0.25, 0.3) is 0 Å². The van der Waals surface area contributed by atoms with Crippen LogP contribution in [0.3, 0.4) is 0 Å². The molecular weight excluding hydrogens is 274 g/mol. The Balaban J connectivity index is 1.58. The molecule has 4 unspecified atom stereocenters. The maximum absolute atomic E-state index is 11.7. The lowest BCUT2D eigenvalue weighted by Crippen LogP contribution is -2.44. The molecular formula is C14H27N3O2S. The third-order valence-electron chi connectivity index (χ3n) is 5.50. The number of nitrogens with zero attached hydrogens (tertiary/aromatic N) is 2. The molecule has 0 amide bonds. The summed E-state index contributed by atoms with van der Waals surface area (Å²) in [5.74, 6) is 2.11. The van der Waals surface area contributed by atoms with Gasteiger partial charge < -0.3 is 5.32 Å². The Morgan fingerprint density at radius 3 is 2.75 bits per heavy atom. The summed E-state index contributed by atoms with van der Waals surface area (Å²) in [7, 11) is -3.02. The van der Waals surface area contributed by atoms with Gasteiger partial charge in [0.15, 0.2) is 0 Å². The maximum Gasteiger partial charge on any atom is 0.211 e. The fraction of sp³-hybridized carbons (Fsp3) is 1.00. The van der Waals surface area contributed by atoms with Crippen LogP contribution in [0.15, 0.2) is 0 Å². The summed E-state index contributed by atoms with van der Waals surface area (Å²) in [6, 6.07) is 0.642. The second-order valence-corrected chi connectivity index (χ2v) is 8.89. The molecule has 0 saturated carbocycles. The number of sulfonamides is 1. The van der Waals surface area contributed by atoms with Crippen LogP contribution in [0.4, 0.5) is 0 Å². The lowest BCUT2D eigenvalue weighted by Gasteiger charge is -2.35. The molecule has 4 atom stereocenters. The standard InChI is InChI=1S/C14H27N3O2S/c1-11-14-7-15-6-13(14)10-16(11)8-12-4-3-5-17(9-12)20(2,18)19/h11-15H,3-10H2,1-2H3. The van der Waals surface area contributed by atoms with Crippen molar-refractivity contribution in [2.45, 2.75) is 25.8 Å². The Labute approximate surface area is 122 Å². The van der Waals surface area contributed by atoms with Gasteiger partial charge in [-0.1, -0.05) is 0 Å². The van der Waals surface area contributed by atoms with Crippen molar-refractivity contribution in [3.8, 4) is 0 Å². The van der Waals surface area contributed by atoms with Crippen molar-refractivity contribution in [1.82, 2.24) is 14.5 Å². The number of hydrogen-bond donors (Lipinski definition) is 1. The van der Waals surface area contributed by atoms with E-state index in [1.165, 1.54) is 19.2 Å². The van der Waals surface area contributed by atoms with Crippen LogP contribution in [0, 0.1) is 17.8 Å². The summed E-state index contributed by atoms with van der Waals surface area (Å²) >= 11 is 0. The number of likely N-dealkylation sites (tertiary alicyclic amines) is 1. The highest BCUT2D eigenvalue weighted by Gasteiger charge is 2.42. The predicted octanol–water partition coefficient (Wildman–Crippen LogP) is 0.198. The van der Waals surface area contributed by atoms with Crippen molar-refractivity contribution in [3.05, 3.63) is 0 Å². The molecule has 3 saturated heterocycles. The van der Waals surface area contributed by atoms with Crippen LogP contribution in [0.2, 0.25) is 0 Å². The predicted molar refractivity (Wildman–Crippen MR) is 80.0 cm³/mol. The van der Waals surface area contributed by atoms with Gasteiger partial charge in [-0.05, 0) is 50.6 Å². The molecule has 0 bridgehead atoms. The van der Waals surface area contributed by atoms with Gasteiger partial charge in [-0.2, -0.15) is 0 Å². The van der Waals surface area contributed by atoms with Gasteiger partial charge in [-0.25, -0.2) is 12.7 Å². The average molecular weight is 301 g/mol. The molecule has 3 heterocycles. The molecule has 0 aromatic heterocycles. The SMILES string of the molecule is CC1C2CNCC2CN1CC1CCCN(S(C)(=O)=O)C1. The van der Waals surface area contributed by atoms with E-state index in [9.17, 15) is 8.42 Å². The first-order valence-corrected chi connectivity index (χ1v) is 9.70.